The maximum Gasteiger partial charge on any atom is 0.361 e. The normalized spacial score (nSPS) is 10.4. The molecular weight excluding hydrogens is 619 g/mol. The summed E-state index contributed by atoms with van der Waals surface area (Å²) in [5.74, 6) is -3.13. The summed E-state index contributed by atoms with van der Waals surface area (Å²) in [5.41, 5.74) is 1.57. The van der Waals surface area contributed by atoms with Crippen molar-refractivity contribution in [2.75, 3.05) is 40.5 Å². The first-order chi connectivity index (χ1) is 22.7. The smallest absolute Gasteiger partial charge is 0.361 e. The van der Waals surface area contributed by atoms with Gasteiger partial charge in [-0.3, -0.25) is 28.9 Å². The van der Waals surface area contributed by atoms with Gasteiger partial charge < -0.3 is 30.3 Å². The van der Waals surface area contributed by atoms with Gasteiger partial charge in [0.1, 0.15) is 18.9 Å². The highest BCUT2D eigenvalue weighted by Gasteiger charge is 2.25. The molecule has 0 fully saturated rings. The highest BCUT2D eigenvalue weighted by Crippen LogP contribution is 2.24. The molecule has 0 saturated heterocycles. The Hall–Kier alpha value is -5.55. The molecule has 0 atom stereocenters. The lowest BCUT2D eigenvalue weighted by molar-refractivity contribution is -0.124. The summed E-state index contributed by atoms with van der Waals surface area (Å²) in [7, 11) is 2.44. The molecule has 4 aromatic heterocycles. The molecule has 0 saturated carbocycles. The average Bonchev–Trinajstić information content (AvgIpc) is 3.69. The Morgan fingerprint density at radius 1 is 0.787 bits per heavy atom. The van der Waals surface area contributed by atoms with Crippen molar-refractivity contribution in [2.45, 2.75) is 25.9 Å². The molecule has 0 bridgehead atoms. The van der Waals surface area contributed by atoms with Crippen LogP contribution in [0.1, 0.15) is 33.8 Å². The number of nitrogens with one attached hydrogen (secondary N) is 2. The van der Waals surface area contributed by atoms with Crippen LogP contribution in [0, 0.1) is 5.82 Å². The second kappa shape index (κ2) is 18.4. The molecule has 0 aliphatic carbocycles. The Balaban J connectivity index is 0.000000256. The minimum absolute atomic E-state index is 0.0736. The Labute approximate surface area is 268 Å². The number of methoxy groups -OCH3 is 2. The van der Waals surface area contributed by atoms with Gasteiger partial charge in [0.25, 0.3) is 0 Å². The second-order valence-electron chi connectivity index (χ2n) is 9.51. The number of aliphatic hydroxyl groups is 2. The first-order valence-electron chi connectivity index (χ1n) is 14.3. The number of halogens is 1. The quantitative estimate of drug-likeness (QED) is 0.109. The van der Waals surface area contributed by atoms with E-state index < -0.39 is 48.5 Å². The van der Waals surface area contributed by atoms with Crippen molar-refractivity contribution in [3.05, 3.63) is 72.1 Å². The van der Waals surface area contributed by atoms with E-state index in [2.05, 4.69) is 35.5 Å². The molecule has 4 aromatic rings. The lowest BCUT2D eigenvalue weighted by atomic mass is 10.2. The third-order valence-corrected chi connectivity index (χ3v) is 6.31. The molecule has 250 valence electrons. The van der Waals surface area contributed by atoms with Crippen LogP contribution < -0.4 is 10.6 Å². The summed E-state index contributed by atoms with van der Waals surface area (Å²) in [5, 5.41) is 30.5. The number of carbonyl (C=O) groups is 4. The van der Waals surface area contributed by atoms with Crippen molar-refractivity contribution in [2.24, 2.45) is 0 Å². The van der Waals surface area contributed by atoms with E-state index in [1.165, 1.54) is 18.0 Å². The predicted molar refractivity (Wildman–Crippen MR) is 163 cm³/mol. The Bertz CT molecular complexity index is 1630. The zero-order chi connectivity index (χ0) is 34.2. The van der Waals surface area contributed by atoms with Crippen LogP contribution in [0.3, 0.4) is 0 Å². The SMILES string of the molecule is COC(=O)c1cc(-c2ccccn2)n(CCCNC(=O)CO)n1.COC(=O)c1nn(CCCNC(=O)CO)c(-c2ccccn2)c1F. The largest absolute Gasteiger partial charge is 0.464 e. The van der Waals surface area contributed by atoms with Gasteiger partial charge >= 0.3 is 11.9 Å². The fourth-order valence-electron chi connectivity index (χ4n) is 4.11. The molecule has 47 heavy (non-hydrogen) atoms. The Kier molecular flexibility index (Phi) is 14.1. The van der Waals surface area contributed by atoms with Crippen molar-refractivity contribution in [3.8, 4) is 22.8 Å². The monoisotopic (exact) mass is 654 g/mol. The van der Waals surface area contributed by atoms with Gasteiger partial charge in [-0.15, -0.1) is 0 Å². The van der Waals surface area contributed by atoms with Gasteiger partial charge in [0.15, 0.2) is 11.5 Å². The van der Waals surface area contributed by atoms with Crippen LogP contribution in [-0.2, 0) is 32.2 Å². The summed E-state index contributed by atoms with van der Waals surface area (Å²) >= 11 is 0. The number of aliphatic hydroxyl groups excluding tert-OH is 2. The Morgan fingerprint density at radius 3 is 1.85 bits per heavy atom. The molecule has 4 heterocycles. The average molecular weight is 655 g/mol. The molecule has 4 rings (SSSR count). The van der Waals surface area contributed by atoms with Gasteiger partial charge in [-0.2, -0.15) is 10.2 Å². The van der Waals surface area contributed by atoms with Gasteiger partial charge in [0, 0.05) is 44.6 Å². The molecule has 0 aliphatic heterocycles. The third-order valence-electron chi connectivity index (χ3n) is 6.31. The van der Waals surface area contributed by atoms with E-state index in [1.807, 2.05) is 12.1 Å². The van der Waals surface area contributed by atoms with Crippen molar-refractivity contribution < 1.29 is 43.3 Å². The summed E-state index contributed by atoms with van der Waals surface area (Å²) in [6.07, 6.45) is 4.18. The van der Waals surface area contributed by atoms with Crippen LogP contribution >= 0.6 is 0 Å². The lowest BCUT2D eigenvalue weighted by Gasteiger charge is -2.07. The molecule has 17 heteroatoms. The zero-order valence-electron chi connectivity index (χ0n) is 25.8. The van der Waals surface area contributed by atoms with Crippen molar-refractivity contribution in [1.29, 1.82) is 0 Å². The third kappa shape index (κ3) is 10.2. The molecule has 0 radical (unpaired) electrons. The number of nitrogens with zero attached hydrogens (tertiary/aromatic N) is 6. The first-order valence-corrected chi connectivity index (χ1v) is 14.3. The number of pyridine rings is 2. The van der Waals surface area contributed by atoms with Gasteiger partial charge in [0.2, 0.25) is 17.5 Å². The van der Waals surface area contributed by atoms with Crippen LogP contribution in [0.25, 0.3) is 22.8 Å². The number of rotatable bonds is 14. The van der Waals surface area contributed by atoms with E-state index in [9.17, 15) is 23.6 Å². The molecule has 0 aromatic carbocycles. The number of aryl methyl sites for hydroxylation is 2. The van der Waals surface area contributed by atoms with E-state index in [0.29, 0.717) is 43.0 Å². The number of carbonyl (C=O) groups excluding carboxylic acids is 4. The number of amides is 2. The van der Waals surface area contributed by atoms with Gasteiger partial charge in [-0.25, -0.2) is 14.0 Å². The van der Waals surface area contributed by atoms with Crippen LogP contribution in [0.2, 0.25) is 0 Å². The van der Waals surface area contributed by atoms with Crippen LogP contribution in [-0.4, -0.2) is 104 Å². The molecule has 0 aliphatic rings. The maximum absolute atomic E-state index is 14.6. The Morgan fingerprint density at radius 2 is 1.34 bits per heavy atom. The highest BCUT2D eigenvalue weighted by molar-refractivity contribution is 5.89. The second-order valence-corrected chi connectivity index (χ2v) is 9.51. The van der Waals surface area contributed by atoms with Crippen LogP contribution in [0.15, 0.2) is 54.9 Å². The fourth-order valence-corrected chi connectivity index (χ4v) is 4.11. The van der Waals surface area contributed by atoms with E-state index in [-0.39, 0.29) is 24.5 Å². The molecule has 0 spiro atoms. The minimum Gasteiger partial charge on any atom is -0.464 e. The van der Waals surface area contributed by atoms with Gasteiger partial charge in [-0.1, -0.05) is 12.1 Å². The van der Waals surface area contributed by atoms with Crippen molar-refractivity contribution >= 4 is 23.8 Å². The fraction of sp³-hybridized carbons (Fsp3) is 0.333. The number of aromatic nitrogens is 6. The number of ether oxygens (including phenoxy) is 2. The predicted octanol–water partition coefficient (Wildman–Crippen LogP) is 0.600. The first kappa shape index (κ1) is 35.9. The van der Waals surface area contributed by atoms with E-state index in [1.54, 1.807) is 41.2 Å². The zero-order valence-corrected chi connectivity index (χ0v) is 25.8. The molecule has 2 amide bonds. The van der Waals surface area contributed by atoms with Crippen LogP contribution in [0.5, 0.6) is 0 Å². The summed E-state index contributed by atoms with van der Waals surface area (Å²) in [4.78, 5) is 53.6. The number of hydrogen-bond acceptors (Lipinski definition) is 12. The molecule has 0 unspecified atom stereocenters. The number of hydrogen-bond donors (Lipinski definition) is 4. The van der Waals surface area contributed by atoms with E-state index in [0.717, 1.165) is 7.11 Å². The van der Waals surface area contributed by atoms with E-state index in [4.69, 9.17) is 14.9 Å². The summed E-state index contributed by atoms with van der Waals surface area (Å²) < 4.78 is 26.8. The molecule has 16 nitrogen and oxygen atoms in total. The summed E-state index contributed by atoms with van der Waals surface area (Å²) in [6, 6.07) is 12.1. The van der Waals surface area contributed by atoms with Crippen molar-refractivity contribution in [1.82, 2.24) is 40.2 Å². The van der Waals surface area contributed by atoms with Crippen LogP contribution in [0.4, 0.5) is 4.39 Å². The van der Waals surface area contributed by atoms with Gasteiger partial charge in [0.05, 0.1) is 31.3 Å². The summed E-state index contributed by atoms with van der Waals surface area (Å²) in [6.45, 7) is 0.264. The highest BCUT2D eigenvalue weighted by atomic mass is 19.1. The van der Waals surface area contributed by atoms with Crippen molar-refractivity contribution in [3.63, 3.8) is 0 Å². The molecule has 4 N–H and O–H groups in total. The number of esters is 2. The maximum atomic E-state index is 14.6. The topological polar surface area (TPSA) is 213 Å². The molecular formula is C30H35FN8O8. The minimum atomic E-state index is -0.878. The van der Waals surface area contributed by atoms with Gasteiger partial charge in [-0.05, 0) is 37.1 Å². The van der Waals surface area contributed by atoms with E-state index >= 15 is 0 Å². The standard InChI is InChI=1S/C15H17FN4O4.C15H18N4O4/c1-24-15(23)13-12(16)14(10-5-2-3-6-17-10)20(19-13)8-4-7-18-11(22)9-21;1-23-15(22)12-9-13(11-5-2-3-6-16-11)19(18-12)8-4-7-17-14(21)10-20/h2-3,5-6,21H,4,7-9H2,1H3,(H,18,22);2-3,5-6,9,20H,4,7-8,10H2,1H3,(H,17,21). The lowest BCUT2D eigenvalue weighted by Crippen LogP contribution is -2.27.